The number of nitrogens with one attached hydrogen (secondary N) is 1. The first-order valence-electron chi connectivity index (χ1n) is 9.43. The second-order valence-electron chi connectivity index (χ2n) is 6.98. The smallest absolute Gasteiger partial charge is 0.272 e. The number of piperazine rings is 1. The van der Waals surface area contributed by atoms with Gasteiger partial charge >= 0.3 is 0 Å². The summed E-state index contributed by atoms with van der Waals surface area (Å²) in [5.74, 6) is 0.958. The molecule has 1 aliphatic heterocycles. The summed E-state index contributed by atoms with van der Waals surface area (Å²) in [6.07, 6.45) is 4.55. The Labute approximate surface area is 161 Å². The molecule has 144 valence electrons. The van der Waals surface area contributed by atoms with Crippen molar-refractivity contribution in [1.82, 2.24) is 19.8 Å². The molecule has 0 saturated carbocycles. The third-order valence-electron chi connectivity index (χ3n) is 4.63. The summed E-state index contributed by atoms with van der Waals surface area (Å²) in [4.78, 5) is 27.7. The maximum absolute atomic E-state index is 12.8. The molecule has 0 aliphatic carbocycles. The average molecular weight is 368 g/mol. The van der Waals surface area contributed by atoms with Crippen molar-refractivity contribution in [3.8, 4) is 0 Å². The van der Waals surface area contributed by atoms with Gasteiger partial charge in [0.1, 0.15) is 11.5 Å². The Balaban J connectivity index is 1.53. The first-order valence-corrected chi connectivity index (χ1v) is 9.43. The lowest BCUT2D eigenvalue weighted by atomic mass is 10.2. The molecule has 1 amide bonds. The standard InChI is InChI=1S/C20H28N6O/c1-24(2)11-5-9-21-17-7-10-22-18(16-17)20(27)26-14-12-25(13-15-26)19-6-3-4-8-23-19/h3-4,6-8,10,16H,5,9,11-15H2,1-2H3,(H,21,22). The van der Waals surface area contributed by atoms with Gasteiger partial charge in [0.2, 0.25) is 0 Å². The van der Waals surface area contributed by atoms with Crippen LogP contribution in [0, 0.1) is 0 Å². The van der Waals surface area contributed by atoms with Gasteiger partial charge < -0.3 is 20.0 Å². The minimum absolute atomic E-state index is 0.00684. The number of hydrogen-bond donors (Lipinski definition) is 1. The lowest BCUT2D eigenvalue weighted by molar-refractivity contribution is 0.0740. The van der Waals surface area contributed by atoms with Gasteiger partial charge in [0, 0.05) is 50.8 Å². The van der Waals surface area contributed by atoms with Crippen molar-refractivity contribution >= 4 is 17.4 Å². The molecule has 1 saturated heterocycles. The summed E-state index contributed by atoms with van der Waals surface area (Å²) in [5, 5.41) is 3.37. The van der Waals surface area contributed by atoms with Gasteiger partial charge in [-0.05, 0) is 51.3 Å². The number of pyridine rings is 2. The summed E-state index contributed by atoms with van der Waals surface area (Å²) in [5.41, 5.74) is 1.44. The van der Waals surface area contributed by atoms with Crippen molar-refractivity contribution in [1.29, 1.82) is 0 Å². The minimum Gasteiger partial charge on any atom is -0.385 e. The number of nitrogens with zero attached hydrogens (tertiary/aromatic N) is 5. The highest BCUT2D eigenvalue weighted by Gasteiger charge is 2.23. The first-order chi connectivity index (χ1) is 13.1. The predicted molar refractivity (Wildman–Crippen MR) is 108 cm³/mol. The van der Waals surface area contributed by atoms with Gasteiger partial charge in [-0.3, -0.25) is 9.78 Å². The number of carbonyl (C=O) groups excluding carboxylic acids is 1. The molecule has 0 radical (unpaired) electrons. The molecule has 1 fully saturated rings. The monoisotopic (exact) mass is 368 g/mol. The van der Waals surface area contributed by atoms with Crippen molar-refractivity contribution in [3.63, 3.8) is 0 Å². The van der Waals surface area contributed by atoms with Crippen molar-refractivity contribution in [2.45, 2.75) is 6.42 Å². The van der Waals surface area contributed by atoms with Crippen LogP contribution in [0.25, 0.3) is 0 Å². The molecular weight excluding hydrogens is 340 g/mol. The van der Waals surface area contributed by atoms with Gasteiger partial charge in [-0.25, -0.2) is 4.98 Å². The van der Waals surface area contributed by atoms with Crippen LogP contribution in [-0.4, -0.2) is 79.0 Å². The Kier molecular flexibility index (Phi) is 6.59. The number of aromatic nitrogens is 2. The maximum Gasteiger partial charge on any atom is 0.272 e. The van der Waals surface area contributed by atoms with Crippen LogP contribution in [0.2, 0.25) is 0 Å². The van der Waals surface area contributed by atoms with E-state index in [2.05, 4.69) is 39.2 Å². The summed E-state index contributed by atoms with van der Waals surface area (Å²) >= 11 is 0. The van der Waals surface area contributed by atoms with Gasteiger partial charge in [-0.1, -0.05) is 6.07 Å². The molecule has 0 spiro atoms. The molecule has 7 heteroatoms. The first kappa shape index (κ1) is 19.1. The summed E-state index contributed by atoms with van der Waals surface area (Å²) in [6.45, 7) is 4.83. The normalized spacial score (nSPS) is 14.5. The number of anilines is 2. The van der Waals surface area contributed by atoms with Crippen LogP contribution in [-0.2, 0) is 0 Å². The molecule has 0 unspecified atom stereocenters. The molecule has 1 aliphatic rings. The molecule has 0 aromatic carbocycles. The van der Waals surface area contributed by atoms with E-state index < -0.39 is 0 Å². The number of amides is 1. The van der Waals surface area contributed by atoms with E-state index in [9.17, 15) is 4.79 Å². The summed E-state index contributed by atoms with van der Waals surface area (Å²) < 4.78 is 0. The lowest BCUT2D eigenvalue weighted by Gasteiger charge is -2.35. The lowest BCUT2D eigenvalue weighted by Crippen LogP contribution is -2.49. The zero-order valence-electron chi connectivity index (χ0n) is 16.1. The number of hydrogen-bond acceptors (Lipinski definition) is 6. The van der Waals surface area contributed by atoms with Crippen LogP contribution in [0.3, 0.4) is 0 Å². The van der Waals surface area contributed by atoms with Crippen LogP contribution in [0.15, 0.2) is 42.7 Å². The highest BCUT2D eigenvalue weighted by molar-refractivity contribution is 5.93. The van der Waals surface area contributed by atoms with Crippen LogP contribution in [0.5, 0.6) is 0 Å². The maximum atomic E-state index is 12.8. The van der Waals surface area contributed by atoms with Crippen LogP contribution < -0.4 is 10.2 Å². The van der Waals surface area contributed by atoms with Crippen LogP contribution >= 0.6 is 0 Å². The van der Waals surface area contributed by atoms with E-state index in [0.717, 1.165) is 44.1 Å². The molecule has 2 aromatic heterocycles. The molecule has 27 heavy (non-hydrogen) atoms. The average Bonchev–Trinajstić information content (AvgIpc) is 2.71. The van der Waals surface area contributed by atoms with E-state index in [1.54, 1.807) is 12.4 Å². The Hall–Kier alpha value is -2.67. The highest BCUT2D eigenvalue weighted by atomic mass is 16.2. The third kappa shape index (κ3) is 5.40. The molecule has 7 nitrogen and oxygen atoms in total. The quantitative estimate of drug-likeness (QED) is 0.752. The van der Waals surface area contributed by atoms with E-state index in [4.69, 9.17) is 0 Å². The second-order valence-corrected chi connectivity index (χ2v) is 6.98. The molecule has 3 rings (SSSR count). The Morgan fingerprint density at radius 3 is 2.63 bits per heavy atom. The third-order valence-corrected chi connectivity index (χ3v) is 4.63. The summed E-state index contributed by atoms with van der Waals surface area (Å²) in [7, 11) is 4.13. The molecular formula is C20H28N6O. The fourth-order valence-electron chi connectivity index (χ4n) is 3.13. The second kappa shape index (κ2) is 9.32. The van der Waals surface area contributed by atoms with Gasteiger partial charge in [0.15, 0.2) is 0 Å². The zero-order chi connectivity index (χ0) is 19.1. The number of carbonyl (C=O) groups is 1. The molecule has 2 aromatic rings. The molecule has 0 atom stereocenters. The molecule has 3 heterocycles. The van der Waals surface area contributed by atoms with Gasteiger partial charge in [-0.2, -0.15) is 0 Å². The topological polar surface area (TPSA) is 64.6 Å². The molecule has 0 bridgehead atoms. The van der Waals surface area contributed by atoms with Crippen LogP contribution in [0.4, 0.5) is 11.5 Å². The van der Waals surface area contributed by atoms with E-state index in [1.807, 2.05) is 35.2 Å². The van der Waals surface area contributed by atoms with Gasteiger partial charge in [0.25, 0.3) is 5.91 Å². The largest absolute Gasteiger partial charge is 0.385 e. The van der Waals surface area contributed by atoms with Crippen LogP contribution in [0.1, 0.15) is 16.9 Å². The number of rotatable bonds is 7. The highest BCUT2D eigenvalue weighted by Crippen LogP contribution is 2.15. The Morgan fingerprint density at radius 2 is 1.93 bits per heavy atom. The van der Waals surface area contributed by atoms with E-state index in [-0.39, 0.29) is 5.91 Å². The SMILES string of the molecule is CN(C)CCCNc1ccnc(C(=O)N2CCN(c3ccccn3)CC2)c1. The van der Waals surface area contributed by atoms with E-state index >= 15 is 0 Å². The zero-order valence-corrected chi connectivity index (χ0v) is 16.1. The Bertz CT molecular complexity index is 728. The van der Waals surface area contributed by atoms with Gasteiger partial charge in [0.05, 0.1) is 0 Å². The minimum atomic E-state index is -0.00684. The fraction of sp³-hybridized carbons (Fsp3) is 0.450. The van der Waals surface area contributed by atoms with E-state index in [1.165, 1.54) is 0 Å². The van der Waals surface area contributed by atoms with Crippen molar-refractivity contribution < 1.29 is 4.79 Å². The predicted octanol–water partition coefficient (Wildman–Crippen LogP) is 1.80. The fourth-order valence-corrected chi connectivity index (χ4v) is 3.13. The van der Waals surface area contributed by atoms with Crippen molar-refractivity contribution in [3.05, 3.63) is 48.4 Å². The van der Waals surface area contributed by atoms with Crippen molar-refractivity contribution in [2.24, 2.45) is 0 Å². The Morgan fingerprint density at radius 1 is 1.11 bits per heavy atom. The summed E-state index contributed by atoms with van der Waals surface area (Å²) in [6, 6.07) is 9.66. The molecule has 1 N–H and O–H groups in total. The van der Waals surface area contributed by atoms with E-state index in [0.29, 0.717) is 18.8 Å². The van der Waals surface area contributed by atoms with Gasteiger partial charge in [-0.15, -0.1) is 0 Å². The van der Waals surface area contributed by atoms with Crippen molar-refractivity contribution in [2.75, 3.05) is 63.6 Å².